The zero-order valence-corrected chi connectivity index (χ0v) is 13.1. The summed E-state index contributed by atoms with van der Waals surface area (Å²) in [6.07, 6.45) is 0.850. The fourth-order valence-corrected chi connectivity index (χ4v) is 2.63. The first kappa shape index (κ1) is 13.9. The zero-order chi connectivity index (χ0) is 14.5. The molecule has 0 spiro atoms. The lowest BCUT2D eigenvalue weighted by Crippen LogP contribution is -1.94. The van der Waals surface area contributed by atoms with Crippen LogP contribution in [0.25, 0.3) is 0 Å². The normalized spacial score (nSPS) is 10.3. The molecular weight excluding hydrogens is 324 g/mol. The zero-order valence-electron chi connectivity index (χ0n) is 11.5. The van der Waals surface area contributed by atoms with E-state index in [4.69, 9.17) is 4.74 Å². The first-order chi connectivity index (χ1) is 10.3. The van der Waals surface area contributed by atoms with E-state index < -0.39 is 0 Å². The summed E-state index contributed by atoms with van der Waals surface area (Å²) in [4.78, 5) is 0. The van der Waals surface area contributed by atoms with Crippen LogP contribution in [0.4, 0.5) is 0 Å². The molecule has 0 unspecified atom stereocenters. The van der Waals surface area contributed by atoms with Crippen molar-refractivity contribution >= 4 is 15.9 Å². The summed E-state index contributed by atoms with van der Waals surface area (Å²) in [6, 6.07) is 26.4. The van der Waals surface area contributed by atoms with Crippen molar-refractivity contribution in [3.05, 3.63) is 94.5 Å². The van der Waals surface area contributed by atoms with Crippen LogP contribution < -0.4 is 4.74 Å². The molecule has 21 heavy (non-hydrogen) atoms. The third-order valence-electron chi connectivity index (χ3n) is 3.23. The summed E-state index contributed by atoms with van der Waals surface area (Å²) in [5.74, 6) is 1.75. The molecule has 0 saturated heterocycles. The third-order valence-corrected chi connectivity index (χ3v) is 3.72. The standard InChI is InChI=1S/C19H15BrO/c20-17-11-12-19(21-18-9-5-2-6-10-18)16(14-17)13-15-7-3-1-4-8-15/h1-12,14H,13H2. The Hall–Kier alpha value is -2.06. The highest BCUT2D eigenvalue weighted by atomic mass is 79.9. The van der Waals surface area contributed by atoms with Crippen molar-refractivity contribution in [3.8, 4) is 11.5 Å². The first-order valence-electron chi connectivity index (χ1n) is 6.86. The second kappa shape index (κ2) is 6.59. The van der Waals surface area contributed by atoms with Crippen molar-refractivity contribution in [2.24, 2.45) is 0 Å². The summed E-state index contributed by atoms with van der Waals surface area (Å²) < 4.78 is 7.08. The monoisotopic (exact) mass is 338 g/mol. The van der Waals surface area contributed by atoms with E-state index in [1.807, 2.05) is 48.5 Å². The molecule has 0 aliphatic heterocycles. The molecule has 0 fully saturated rings. The Morgan fingerprint density at radius 1 is 0.762 bits per heavy atom. The molecule has 1 nitrogen and oxygen atoms in total. The number of hydrogen-bond acceptors (Lipinski definition) is 1. The molecule has 0 atom stereocenters. The number of hydrogen-bond donors (Lipinski definition) is 0. The maximum absolute atomic E-state index is 6.02. The van der Waals surface area contributed by atoms with Crippen LogP contribution in [0.15, 0.2) is 83.3 Å². The minimum absolute atomic E-state index is 0.850. The van der Waals surface area contributed by atoms with Crippen molar-refractivity contribution in [3.63, 3.8) is 0 Å². The molecule has 104 valence electrons. The summed E-state index contributed by atoms with van der Waals surface area (Å²) >= 11 is 3.54. The Bertz CT molecular complexity index is 708. The largest absolute Gasteiger partial charge is 0.457 e. The van der Waals surface area contributed by atoms with Crippen LogP contribution in [0, 0.1) is 0 Å². The van der Waals surface area contributed by atoms with Gasteiger partial charge in [0.15, 0.2) is 0 Å². The van der Waals surface area contributed by atoms with Gasteiger partial charge >= 0.3 is 0 Å². The van der Waals surface area contributed by atoms with Crippen LogP contribution in [-0.2, 0) is 6.42 Å². The molecule has 2 heteroatoms. The van der Waals surface area contributed by atoms with Gasteiger partial charge in [0.05, 0.1) is 0 Å². The minimum Gasteiger partial charge on any atom is -0.457 e. The highest BCUT2D eigenvalue weighted by molar-refractivity contribution is 9.10. The van der Waals surface area contributed by atoms with Gasteiger partial charge in [-0.25, -0.2) is 0 Å². The van der Waals surface area contributed by atoms with Gasteiger partial charge in [0.25, 0.3) is 0 Å². The Morgan fingerprint density at radius 2 is 1.43 bits per heavy atom. The highest BCUT2D eigenvalue weighted by Gasteiger charge is 2.07. The maximum Gasteiger partial charge on any atom is 0.131 e. The van der Waals surface area contributed by atoms with E-state index in [0.717, 1.165) is 22.4 Å². The minimum atomic E-state index is 0.850. The third kappa shape index (κ3) is 3.73. The van der Waals surface area contributed by atoms with Crippen molar-refractivity contribution in [2.75, 3.05) is 0 Å². The van der Waals surface area contributed by atoms with Crippen molar-refractivity contribution in [1.29, 1.82) is 0 Å². The highest BCUT2D eigenvalue weighted by Crippen LogP contribution is 2.29. The topological polar surface area (TPSA) is 9.23 Å². The molecule has 0 aliphatic carbocycles. The summed E-state index contributed by atoms with van der Waals surface area (Å²) in [6.45, 7) is 0. The smallest absolute Gasteiger partial charge is 0.131 e. The van der Waals surface area contributed by atoms with Gasteiger partial charge in [0, 0.05) is 16.5 Å². The number of para-hydroxylation sites is 1. The molecule has 0 radical (unpaired) electrons. The Labute approximate surface area is 133 Å². The fourth-order valence-electron chi connectivity index (χ4n) is 2.22. The van der Waals surface area contributed by atoms with E-state index in [0.29, 0.717) is 0 Å². The first-order valence-corrected chi connectivity index (χ1v) is 7.66. The summed E-state index contributed by atoms with van der Waals surface area (Å²) in [5.41, 5.74) is 2.44. The molecule has 0 bridgehead atoms. The summed E-state index contributed by atoms with van der Waals surface area (Å²) in [5, 5.41) is 0. The molecule has 0 heterocycles. The van der Waals surface area contributed by atoms with E-state index >= 15 is 0 Å². The molecular formula is C19H15BrO. The summed E-state index contributed by atoms with van der Waals surface area (Å²) in [7, 11) is 0. The number of benzene rings is 3. The van der Waals surface area contributed by atoms with E-state index in [-0.39, 0.29) is 0 Å². The molecule has 3 rings (SSSR count). The van der Waals surface area contributed by atoms with Gasteiger partial charge < -0.3 is 4.74 Å². The second-order valence-corrected chi connectivity index (χ2v) is 5.75. The van der Waals surface area contributed by atoms with Gasteiger partial charge in [-0.15, -0.1) is 0 Å². The van der Waals surface area contributed by atoms with Crippen molar-refractivity contribution in [1.82, 2.24) is 0 Å². The van der Waals surface area contributed by atoms with Crippen LogP contribution in [0.3, 0.4) is 0 Å². The molecule has 0 aromatic heterocycles. The van der Waals surface area contributed by atoms with E-state index in [1.54, 1.807) is 0 Å². The quantitative estimate of drug-likeness (QED) is 0.581. The Kier molecular flexibility index (Phi) is 4.37. The van der Waals surface area contributed by atoms with E-state index in [1.165, 1.54) is 11.1 Å². The lowest BCUT2D eigenvalue weighted by Gasteiger charge is -2.12. The lowest BCUT2D eigenvalue weighted by molar-refractivity contribution is 0.477. The van der Waals surface area contributed by atoms with E-state index in [2.05, 4.69) is 46.3 Å². The fraction of sp³-hybridized carbons (Fsp3) is 0.0526. The SMILES string of the molecule is Brc1ccc(Oc2ccccc2)c(Cc2ccccc2)c1. The molecule has 0 N–H and O–H groups in total. The van der Waals surface area contributed by atoms with Gasteiger partial charge in [0.2, 0.25) is 0 Å². The average molecular weight is 339 g/mol. The van der Waals surface area contributed by atoms with Crippen molar-refractivity contribution < 1.29 is 4.74 Å². The molecule has 0 aliphatic rings. The average Bonchev–Trinajstić information content (AvgIpc) is 2.52. The number of rotatable bonds is 4. The van der Waals surface area contributed by atoms with Crippen LogP contribution >= 0.6 is 15.9 Å². The van der Waals surface area contributed by atoms with Gasteiger partial charge in [-0.05, 0) is 35.9 Å². The lowest BCUT2D eigenvalue weighted by atomic mass is 10.0. The van der Waals surface area contributed by atoms with Crippen LogP contribution in [0.2, 0.25) is 0 Å². The molecule has 0 saturated carbocycles. The number of halogens is 1. The van der Waals surface area contributed by atoms with Crippen LogP contribution in [0.5, 0.6) is 11.5 Å². The molecule has 3 aromatic carbocycles. The predicted octanol–water partition coefficient (Wildman–Crippen LogP) is 5.83. The Balaban J connectivity index is 1.90. The second-order valence-electron chi connectivity index (χ2n) is 4.83. The number of ether oxygens (including phenoxy) is 1. The maximum atomic E-state index is 6.02. The van der Waals surface area contributed by atoms with Gasteiger partial charge in [0.1, 0.15) is 11.5 Å². The Morgan fingerprint density at radius 3 is 2.14 bits per heavy atom. The van der Waals surface area contributed by atoms with E-state index in [9.17, 15) is 0 Å². The van der Waals surface area contributed by atoms with Crippen LogP contribution in [0.1, 0.15) is 11.1 Å². The van der Waals surface area contributed by atoms with Gasteiger partial charge in [-0.1, -0.05) is 64.5 Å². The predicted molar refractivity (Wildman–Crippen MR) is 89.9 cm³/mol. The molecule has 3 aromatic rings. The van der Waals surface area contributed by atoms with Gasteiger partial charge in [-0.3, -0.25) is 0 Å². The van der Waals surface area contributed by atoms with Crippen molar-refractivity contribution in [2.45, 2.75) is 6.42 Å². The van der Waals surface area contributed by atoms with Gasteiger partial charge in [-0.2, -0.15) is 0 Å². The molecule has 0 amide bonds. The van der Waals surface area contributed by atoms with Crippen LogP contribution in [-0.4, -0.2) is 0 Å².